The molecule has 0 radical (unpaired) electrons. The van der Waals surface area contributed by atoms with Crippen molar-refractivity contribution in [1.29, 1.82) is 0 Å². The maximum atomic E-state index is 13.1. The summed E-state index contributed by atoms with van der Waals surface area (Å²) in [5.74, 6) is 0.549. The Labute approximate surface area is 196 Å². The highest BCUT2D eigenvalue weighted by Crippen LogP contribution is 2.37. The molecule has 2 aromatic rings. The monoisotopic (exact) mass is 453 g/mol. The molecular weight excluding hydrogens is 418 g/mol. The van der Waals surface area contributed by atoms with E-state index in [0.717, 1.165) is 36.8 Å². The van der Waals surface area contributed by atoms with Crippen molar-refractivity contribution < 1.29 is 19.1 Å². The summed E-state index contributed by atoms with van der Waals surface area (Å²) in [6.07, 6.45) is 4.30. The fourth-order valence-corrected chi connectivity index (χ4v) is 3.92. The number of amides is 2. The summed E-state index contributed by atoms with van der Waals surface area (Å²) >= 11 is 0. The maximum absolute atomic E-state index is 13.1. The van der Waals surface area contributed by atoms with E-state index in [4.69, 9.17) is 9.47 Å². The Bertz CT molecular complexity index is 927. The van der Waals surface area contributed by atoms with Crippen molar-refractivity contribution in [1.82, 2.24) is 9.88 Å². The smallest absolute Gasteiger partial charge is 0.416 e. The molecular formula is C26H35N3O4. The Hall–Kier alpha value is -3.09. The molecule has 7 heteroatoms. The average molecular weight is 454 g/mol. The van der Waals surface area contributed by atoms with Gasteiger partial charge in [-0.05, 0) is 51.7 Å². The first kappa shape index (κ1) is 24.6. The Morgan fingerprint density at radius 1 is 1.15 bits per heavy atom. The van der Waals surface area contributed by atoms with Gasteiger partial charge in [-0.25, -0.2) is 14.6 Å². The molecule has 2 amide bonds. The van der Waals surface area contributed by atoms with Crippen molar-refractivity contribution in [2.45, 2.75) is 71.6 Å². The summed E-state index contributed by atoms with van der Waals surface area (Å²) in [7, 11) is 0. The molecule has 178 valence electrons. The Morgan fingerprint density at radius 3 is 2.61 bits per heavy atom. The lowest BCUT2D eigenvalue weighted by Crippen LogP contribution is -2.39. The van der Waals surface area contributed by atoms with Crippen LogP contribution >= 0.6 is 0 Å². The number of aromatic nitrogens is 1. The predicted molar refractivity (Wildman–Crippen MR) is 128 cm³/mol. The van der Waals surface area contributed by atoms with Gasteiger partial charge in [-0.1, -0.05) is 49.7 Å². The van der Waals surface area contributed by atoms with Crippen molar-refractivity contribution in [3.63, 3.8) is 0 Å². The van der Waals surface area contributed by atoms with Crippen LogP contribution in [0, 0.1) is 0 Å². The Balaban J connectivity index is 1.82. The molecule has 1 fully saturated rings. The van der Waals surface area contributed by atoms with Crippen LogP contribution < -0.4 is 4.90 Å². The number of nitrogens with zero attached hydrogens (tertiary/aromatic N) is 3. The minimum atomic E-state index is -0.614. The van der Waals surface area contributed by atoms with Crippen LogP contribution in [0.3, 0.4) is 0 Å². The molecule has 0 unspecified atom stereocenters. The Kier molecular flexibility index (Phi) is 8.31. The first-order valence-corrected chi connectivity index (χ1v) is 11.7. The molecule has 7 nitrogen and oxygen atoms in total. The van der Waals surface area contributed by atoms with Gasteiger partial charge < -0.3 is 14.4 Å². The molecule has 3 rings (SSSR count). The first-order valence-electron chi connectivity index (χ1n) is 11.7. The highest BCUT2D eigenvalue weighted by molar-refractivity contribution is 5.87. The number of pyridine rings is 1. The number of unbranched alkanes of at least 4 members (excludes halogenated alkanes) is 1. The topological polar surface area (TPSA) is 72.0 Å². The number of benzene rings is 1. The second kappa shape index (κ2) is 11.2. The fourth-order valence-electron chi connectivity index (χ4n) is 3.92. The van der Waals surface area contributed by atoms with E-state index < -0.39 is 11.7 Å². The van der Waals surface area contributed by atoms with Crippen LogP contribution in [0.15, 0.2) is 48.7 Å². The van der Waals surface area contributed by atoms with Crippen LogP contribution in [0.4, 0.5) is 15.4 Å². The lowest BCUT2D eigenvalue weighted by molar-refractivity contribution is 0.0578. The van der Waals surface area contributed by atoms with E-state index in [1.165, 1.54) is 0 Å². The minimum Gasteiger partial charge on any atom is -0.445 e. The average Bonchev–Trinajstić information content (AvgIpc) is 3.27. The van der Waals surface area contributed by atoms with E-state index in [1.54, 1.807) is 16.0 Å². The molecule has 2 heterocycles. The number of carbonyl (C=O) groups excluding carboxylic acids is 2. The van der Waals surface area contributed by atoms with E-state index in [0.29, 0.717) is 18.9 Å². The molecule has 1 saturated heterocycles. The zero-order chi connectivity index (χ0) is 23.8. The second-order valence-electron chi connectivity index (χ2n) is 9.29. The van der Waals surface area contributed by atoms with Crippen LogP contribution in [-0.2, 0) is 16.1 Å². The standard InChI is InChI=1S/C26H35N3O4/c1-5-6-17-29(25(31)33-26(2,3)4)23-21(14-10-16-27-23)22-15-11-18-28(22)24(30)32-19-20-12-8-7-9-13-20/h7-10,12-14,16,22H,5-6,11,15,17-19H2,1-4H3/t22-/m1/s1. The largest absolute Gasteiger partial charge is 0.445 e. The molecule has 1 aliphatic rings. The fraction of sp³-hybridized carbons (Fsp3) is 0.500. The van der Waals surface area contributed by atoms with E-state index in [1.807, 2.05) is 63.2 Å². The molecule has 0 bridgehead atoms. The van der Waals surface area contributed by atoms with Crippen molar-refractivity contribution in [3.05, 3.63) is 59.8 Å². The van der Waals surface area contributed by atoms with Crippen molar-refractivity contribution in [3.8, 4) is 0 Å². The lowest BCUT2D eigenvalue weighted by atomic mass is 10.0. The van der Waals surface area contributed by atoms with E-state index >= 15 is 0 Å². The minimum absolute atomic E-state index is 0.205. The van der Waals surface area contributed by atoms with Gasteiger partial charge in [0, 0.05) is 24.8 Å². The maximum Gasteiger partial charge on any atom is 0.416 e. The number of anilines is 1. The first-order chi connectivity index (χ1) is 15.8. The molecule has 1 aromatic carbocycles. The molecule has 0 aliphatic carbocycles. The third-order valence-electron chi connectivity index (χ3n) is 5.47. The van der Waals surface area contributed by atoms with Crippen LogP contribution in [0.1, 0.15) is 70.5 Å². The summed E-state index contributed by atoms with van der Waals surface area (Å²) in [5.41, 5.74) is 1.17. The van der Waals surface area contributed by atoms with Gasteiger partial charge in [0.1, 0.15) is 18.0 Å². The van der Waals surface area contributed by atoms with Gasteiger partial charge in [-0.15, -0.1) is 0 Å². The molecule has 0 N–H and O–H groups in total. The molecule has 1 atom stereocenters. The SMILES string of the molecule is CCCCN(C(=O)OC(C)(C)C)c1ncccc1[C@H]1CCCN1C(=O)OCc1ccccc1. The third kappa shape index (κ3) is 6.70. The van der Waals surface area contributed by atoms with Crippen molar-refractivity contribution >= 4 is 18.0 Å². The van der Waals surface area contributed by atoms with Gasteiger partial charge in [0.2, 0.25) is 0 Å². The normalized spacial score (nSPS) is 15.9. The van der Waals surface area contributed by atoms with Gasteiger partial charge in [0.25, 0.3) is 0 Å². The van der Waals surface area contributed by atoms with E-state index in [9.17, 15) is 9.59 Å². The van der Waals surface area contributed by atoms with Gasteiger partial charge in [-0.2, -0.15) is 0 Å². The predicted octanol–water partition coefficient (Wildman–Crippen LogP) is 6.10. The van der Waals surface area contributed by atoms with Crippen LogP contribution in [0.25, 0.3) is 0 Å². The molecule has 0 spiro atoms. The third-order valence-corrected chi connectivity index (χ3v) is 5.47. The molecule has 1 aliphatic heterocycles. The second-order valence-corrected chi connectivity index (χ2v) is 9.29. The van der Waals surface area contributed by atoms with Gasteiger partial charge in [0.05, 0.1) is 6.04 Å². The van der Waals surface area contributed by atoms with Crippen molar-refractivity contribution in [2.24, 2.45) is 0 Å². The van der Waals surface area contributed by atoms with Gasteiger partial charge >= 0.3 is 12.2 Å². The van der Waals surface area contributed by atoms with Crippen molar-refractivity contribution in [2.75, 3.05) is 18.0 Å². The number of ether oxygens (including phenoxy) is 2. The van der Waals surface area contributed by atoms with Crippen LogP contribution in [0.5, 0.6) is 0 Å². The zero-order valence-electron chi connectivity index (χ0n) is 20.1. The highest BCUT2D eigenvalue weighted by Gasteiger charge is 2.35. The summed E-state index contributed by atoms with van der Waals surface area (Å²) in [4.78, 5) is 33.9. The summed E-state index contributed by atoms with van der Waals surface area (Å²) in [6, 6.07) is 13.2. The molecule has 1 aromatic heterocycles. The Morgan fingerprint density at radius 2 is 1.91 bits per heavy atom. The highest BCUT2D eigenvalue weighted by atomic mass is 16.6. The summed E-state index contributed by atoms with van der Waals surface area (Å²) in [5, 5.41) is 0. The quantitative estimate of drug-likeness (QED) is 0.507. The van der Waals surface area contributed by atoms with Gasteiger partial charge in [-0.3, -0.25) is 4.90 Å². The van der Waals surface area contributed by atoms with Gasteiger partial charge in [0.15, 0.2) is 0 Å². The van der Waals surface area contributed by atoms with E-state index in [2.05, 4.69) is 11.9 Å². The lowest BCUT2D eigenvalue weighted by Gasteiger charge is -2.31. The molecule has 33 heavy (non-hydrogen) atoms. The number of hydrogen-bond acceptors (Lipinski definition) is 5. The van der Waals surface area contributed by atoms with Crippen LogP contribution in [-0.4, -0.2) is 40.8 Å². The van der Waals surface area contributed by atoms with E-state index in [-0.39, 0.29) is 18.7 Å². The number of carbonyl (C=O) groups is 2. The number of hydrogen-bond donors (Lipinski definition) is 0. The number of likely N-dealkylation sites (tertiary alicyclic amines) is 1. The number of rotatable bonds is 7. The summed E-state index contributed by atoms with van der Waals surface area (Å²) in [6.45, 7) is 8.96. The summed E-state index contributed by atoms with van der Waals surface area (Å²) < 4.78 is 11.3. The molecule has 0 saturated carbocycles. The zero-order valence-corrected chi connectivity index (χ0v) is 20.1. The van der Waals surface area contributed by atoms with Crippen LogP contribution in [0.2, 0.25) is 0 Å².